The van der Waals surface area contributed by atoms with Crippen LogP contribution in [-0.4, -0.2) is 17.6 Å². The third-order valence-electron chi connectivity index (χ3n) is 5.49. The van der Waals surface area contributed by atoms with Crippen LogP contribution in [0.25, 0.3) is 0 Å². The molecule has 1 aliphatic carbocycles. The number of hydrogen-bond donors (Lipinski definition) is 2. The van der Waals surface area contributed by atoms with Crippen LogP contribution in [-0.2, 0) is 11.2 Å². The highest BCUT2D eigenvalue weighted by atomic mass is 32.1. The zero-order valence-electron chi connectivity index (χ0n) is 15.6. The van der Waals surface area contributed by atoms with Crippen LogP contribution in [0.2, 0.25) is 0 Å². The molecule has 140 valence electrons. The highest BCUT2D eigenvalue weighted by Gasteiger charge is 2.23. The topological polar surface area (TPSA) is 44.4 Å². The van der Waals surface area contributed by atoms with Gasteiger partial charge < -0.3 is 15.5 Å². The molecule has 1 atom stereocenters. The summed E-state index contributed by atoms with van der Waals surface area (Å²) in [6.07, 6.45) is 5.00. The van der Waals surface area contributed by atoms with E-state index in [2.05, 4.69) is 41.0 Å². The van der Waals surface area contributed by atoms with E-state index in [9.17, 15) is 4.79 Å². The molecule has 1 fully saturated rings. The Balaban J connectivity index is 1.43. The van der Waals surface area contributed by atoms with E-state index in [1.54, 1.807) is 0 Å². The first-order valence-electron chi connectivity index (χ1n) is 9.68. The summed E-state index contributed by atoms with van der Waals surface area (Å²) >= 11 is 5.56. The molecule has 1 heterocycles. The molecule has 0 saturated carbocycles. The fourth-order valence-electron chi connectivity index (χ4n) is 4.17. The molecule has 4 rings (SSSR count). The minimum atomic E-state index is 0.215. The standard InChI is InChI=1S/C22H25N3OS/c1-15-14-17(11-12-20(15)25-13-5-10-21(25)26)23-22(27)24-19-9-4-7-16-6-2-3-8-18(16)19/h2-3,6,8,11-12,14,19H,4-5,7,9-10,13H2,1H3,(H2,23,24,27). The molecule has 1 saturated heterocycles. The third-order valence-corrected chi connectivity index (χ3v) is 5.71. The minimum Gasteiger partial charge on any atom is -0.356 e. The van der Waals surface area contributed by atoms with Crippen LogP contribution in [0.1, 0.15) is 48.4 Å². The average molecular weight is 380 g/mol. The highest BCUT2D eigenvalue weighted by molar-refractivity contribution is 7.80. The first-order valence-corrected chi connectivity index (χ1v) is 10.1. The molecule has 1 aliphatic heterocycles. The molecule has 4 nitrogen and oxygen atoms in total. The van der Waals surface area contributed by atoms with Crippen LogP contribution in [0, 0.1) is 6.92 Å². The second-order valence-electron chi connectivity index (χ2n) is 7.39. The zero-order valence-corrected chi connectivity index (χ0v) is 16.4. The summed E-state index contributed by atoms with van der Waals surface area (Å²) in [5.41, 5.74) is 5.81. The maximum absolute atomic E-state index is 12.0. The van der Waals surface area contributed by atoms with Gasteiger partial charge in [-0.1, -0.05) is 24.3 Å². The van der Waals surface area contributed by atoms with Crippen molar-refractivity contribution >= 4 is 34.6 Å². The molecule has 0 radical (unpaired) electrons. The first kappa shape index (κ1) is 18.0. The summed E-state index contributed by atoms with van der Waals surface area (Å²) in [5, 5.41) is 7.42. The second-order valence-corrected chi connectivity index (χ2v) is 7.80. The Bertz CT molecular complexity index is 880. The molecule has 27 heavy (non-hydrogen) atoms. The summed E-state index contributed by atoms with van der Waals surface area (Å²) < 4.78 is 0. The number of thiocarbonyl (C=S) groups is 1. The SMILES string of the molecule is Cc1cc(NC(=S)NC2CCCc3ccccc32)ccc1N1CCCC1=O. The van der Waals surface area contributed by atoms with Crippen LogP contribution >= 0.6 is 12.2 Å². The van der Waals surface area contributed by atoms with Gasteiger partial charge >= 0.3 is 0 Å². The molecular formula is C22H25N3OS. The van der Waals surface area contributed by atoms with Crippen LogP contribution in [0.15, 0.2) is 42.5 Å². The van der Waals surface area contributed by atoms with Gasteiger partial charge in [0.2, 0.25) is 5.91 Å². The van der Waals surface area contributed by atoms with E-state index >= 15 is 0 Å². The summed E-state index contributed by atoms with van der Waals surface area (Å²) in [5.74, 6) is 0.215. The molecule has 0 aromatic heterocycles. The number of nitrogens with zero attached hydrogens (tertiary/aromatic N) is 1. The number of carbonyl (C=O) groups is 1. The van der Waals surface area contributed by atoms with Crippen molar-refractivity contribution in [1.29, 1.82) is 0 Å². The number of amides is 1. The molecular weight excluding hydrogens is 354 g/mol. The van der Waals surface area contributed by atoms with Crippen molar-refractivity contribution in [1.82, 2.24) is 5.32 Å². The van der Waals surface area contributed by atoms with E-state index in [-0.39, 0.29) is 11.9 Å². The first-order chi connectivity index (χ1) is 13.1. The number of carbonyl (C=O) groups excluding carboxylic acids is 1. The number of aryl methyl sites for hydroxylation is 2. The van der Waals surface area contributed by atoms with E-state index in [0.717, 1.165) is 42.7 Å². The van der Waals surface area contributed by atoms with Crippen molar-refractivity contribution in [2.75, 3.05) is 16.8 Å². The lowest BCUT2D eigenvalue weighted by molar-refractivity contribution is -0.117. The van der Waals surface area contributed by atoms with Gasteiger partial charge in [0.15, 0.2) is 5.11 Å². The fraction of sp³-hybridized carbons (Fsp3) is 0.364. The lowest BCUT2D eigenvalue weighted by Crippen LogP contribution is -2.34. The maximum Gasteiger partial charge on any atom is 0.227 e. The molecule has 1 amide bonds. The summed E-state index contributed by atoms with van der Waals surface area (Å²) in [6, 6.07) is 14.9. The summed E-state index contributed by atoms with van der Waals surface area (Å²) in [7, 11) is 0. The van der Waals surface area contributed by atoms with Crippen LogP contribution < -0.4 is 15.5 Å². The fourth-order valence-corrected chi connectivity index (χ4v) is 4.43. The van der Waals surface area contributed by atoms with Crippen molar-refractivity contribution in [2.24, 2.45) is 0 Å². The van der Waals surface area contributed by atoms with Crippen LogP contribution in [0.5, 0.6) is 0 Å². The number of hydrogen-bond acceptors (Lipinski definition) is 2. The van der Waals surface area contributed by atoms with Crippen molar-refractivity contribution < 1.29 is 4.79 Å². The number of anilines is 2. The summed E-state index contributed by atoms with van der Waals surface area (Å²) in [6.45, 7) is 2.85. The molecule has 2 N–H and O–H groups in total. The monoisotopic (exact) mass is 379 g/mol. The minimum absolute atomic E-state index is 0.215. The molecule has 0 spiro atoms. The van der Waals surface area contributed by atoms with Gasteiger partial charge in [-0.2, -0.15) is 0 Å². The Morgan fingerprint density at radius 2 is 2.00 bits per heavy atom. The van der Waals surface area contributed by atoms with Gasteiger partial charge in [-0.25, -0.2) is 0 Å². The van der Waals surface area contributed by atoms with Crippen molar-refractivity contribution in [2.45, 2.75) is 45.1 Å². The van der Waals surface area contributed by atoms with Crippen LogP contribution in [0.4, 0.5) is 11.4 Å². The van der Waals surface area contributed by atoms with Gasteiger partial charge in [0, 0.05) is 24.3 Å². The Kier molecular flexibility index (Phi) is 5.12. The van der Waals surface area contributed by atoms with Gasteiger partial charge in [0.1, 0.15) is 0 Å². The molecule has 5 heteroatoms. The third kappa shape index (κ3) is 3.83. The molecule has 2 aromatic carbocycles. The quantitative estimate of drug-likeness (QED) is 0.772. The number of nitrogens with one attached hydrogen (secondary N) is 2. The molecule has 0 bridgehead atoms. The zero-order chi connectivity index (χ0) is 18.8. The predicted octanol–water partition coefficient (Wildman–Crippen LogP) is 4.49. The normalized spacial score (nSPS) is 18.9. The lowest BCUT2D eigenvalue weighted by Gasteiger charge is -2.27. The number of fused-ring (bicyclic) bond motifs is 1. The van der Waals surface area contributed by atoms with Gasteiger partial charge in [-0.3, -0.25) is 4.79 Å². The highest BCUT2D eigenvalue weighted by Crippen LogP contribution is 2.30. The summed E-state index contributed by atoms with van der Waals surface area (Å²) in [4.78, 5) is 13.9. The average Bonchev–Trinajstić information content (AvgIpc) is 3.08. The van der Waals surface area contributed by atoms with Gasteiger partial charge in [-0.05, 0) is 79.7 Å². The van der Waals surface area contributed by atoms with E-state index in [1.165, 1.54) is 17.5 Å². The van der Waals surface area contributed by atoms with E-state index in [1.807, 2.05) is 24.0 Å². The smallest absolute Gasteiger partial charge is 0.227 e. The van der Waals surface area contributed by atoms with Crippen LogP contribution in [0.3, 0.4) is 0 Å². The van der Waals surface area contributed by atoms with E-state index in [4.69, 9.17) is 12.2 Å². The number of rotatable bonds is 3. The molecule has 2 aliphatic rings. The Morgan fingerprint density at radius 3 is 2.78 bits per heavy atom. The van der Waals surface area contributed by atoms with Gasteiger partial charge in [0.25, 0.3) is 0 Å². The van der Waals surface area contributed by atoms with Crippen molar-refractivity contribution in [3.63, 3.8) is 0 Å². The van der Waals surface area contributed by atoms with Crippen molar-refractivity contribution in [3.05, 3.63) is 59.2 Å². The lowest BCUT2D eigenvalue weighted by atomic mass is 9.88. The Labute approximate surface area is 166 Å². The predicted molar refractivity (Wildman–Crippen MR) is 114 cm³/mol. The second kappa shape index (κ2) is 7.69. The number of benzene rings is 2. The van der Waals surface area contributed by atoms with E-state index in [0.29, 0.717) is 11.5 Å². The van der Waals surface area contributed by atoms with Gasteiger partial charge in [0.05, 0.1) is 6.04 Å². The molecule has 1 unspecified atom stereocenters. The largest absolute Gasteiger partial charge is 0.356 e. The molecule has 2 aromatic rings. The maximum atomic E-state index is 12.0. The van der Waals surface area contributed by atoms with Gasteiger partial charge in [-0.15, -0.1) is 0 Å². The Morgan fingerprint density at radius 1 is 1.15 bits per heavy atom. The van der Waals surface area contributed by atoms with E-state index < -0.39 is 0 Å². The Hall–Kier alpha value is -2.40. The van der Waals surface area contributed by atoms with Crippen molar-refractivity contribution in [3.8, 4) is 0 Å².